The fourth-order valence-electron chi connectivity index (χ4n) is 6.49. The van der Waals surface area contributed by atoms with Crippen molar-refractivity contribution in [3.63, 3.8) is 0 Å². The molecule has 1 saturated heterocycles. The molecule has 2 amide bonds. The summed E-state index contributed by atoms with van der Waals surface area (Å²) >= 11 is 0. The minimum atomic E-state index is -0.0211. The molecule has 0 aromatic rings. The molecule has 0 bridgehead atoms. The highest BCUT2D eigenvalue weighted by molar-refractivity contribution is 5.78. The lowest BCUT2D eigenvalue weighted by atomic mass is 9.62. The van der Waals surface area contributed by atoms with Crippen LogP contribution in [0.2, 0.25) is 0 Å². The van der Waals surface area contributed by atoms with Crippen molar-refractivity contribution in [1.82, 2.24) is 15.1 Å². The molecule has 5 nitrogen and oxygen atoms in total. The maximum Gasteiger partial charge on any atom is 0.318 e. The van der Waals surface area contributed by atoms with E-state index in [1.165, 1.54) is 6.42 Å². The molecule has 4 rings (SSSR count). The van der Waals surface area contributed by atoms with E-state index in [0.29, 0.717) is 11.8 Å². The van der Waals surface area contributed by atoms with Crippen LogP contribution in [0, 0.1) is 11.8 Å². The Kier molecular flexibility index (Phi) is 5.58. The van der Waals surface area contributed by atoms with Gasteiger partial charge in [0.05, 0.1) is 11.1 Å². The highest BCUT2D eigenvalue weighted by atomic mass is 16.5. The van der Waals surface area contributed by atoms with Crippen molar-refractivity contribution < 1.29 is 9.53 Å². The predicted molar refractivity (Wildman–Crippen MR) is 117 cm³/mol. The Balaban J connectivity index is 1.49. The van der Waals surface area contributed by atoms with Crippen LogP contribution in [0.5, 0.6) is 0 Å². The largest absolute Gasteiger partial charge is 0.378 e. The number of urea groups is 1. The Labute approximate surface area is 176 Å². The van der Waals surface area contributed by atoms with E-state index >= 15 is 0 Å². The van der Waals surface area contributed by atoms with E-state index in [-0.39, 0.29) is 22.7 Å². The lowest BCUT2D eigenvalue weighted by Gasteiger charge is -2.55. The minimum Gasteiger partial charge on any atom is -0.378 e. The van der Waals surface area contributed by atoms with Crippen LogP contribution in [0.1, 0.15) is 58.3 Å². The number of amides is 2. The van der Waals surface area contributed by atoms with E-state index in [0.717, 1.165) is 58.0 Å². The topological polar surface area (TPSA) is 44.8 Å². The number of hydrogen-bond acceptors (Lipinski definition) is 3. The van der Waals surface area contributed by atoms with Gasteiger partial charge in [-0.1, -0.05) is 31.2 Å². The lowest BCUT2D eigenvalue weighted by Crippen LogP contribution is -2.60. The number of carbonyl (C=O) groups is 1. The fraction of sp³-hybridized carbons (Fsp3) is 0.792. The fourth-order valence-corrected chi connectivity index (χ4v) is 6.49. The van der Waals surface area contributed by atoms with Crippen LogP contribution in [0.25, 0.3) is 0 Å². The standard InChI is InChI=1S/C24H39N3O2/c1-19-8-5-6-9-20(19)24(26(2)3)14-12-22(13-15-24)18-25-21(28)27(22)17-16-23(29-4)10-7-11-23/h5-6,8-9,19-20H,7,10-18H2,1-4H3,(H,25,28). The first-order valence-corrected chi connectivity index (χ1v) is 11.5. The van der Waals surface area contributed by atoms with Crippen molar-refractivity contribution in [3.8, 4) is 0 Å². The summed E-state index contributed by atoms with van der Waals surface area (Å²) in [4.78, 5) is 17.4. The van der Waals surface area contributed by atoms with E-state index in [9.17, 15) is 4.79 Å². The summed E-state index contributed by atoms with van der Waals surface area (Å²) in [5.74, 6) is 1.08. The van der Waals surface area contributed by atoms with Crippen molar-refractivity contribution in [2.24, 2.45) is 11.8 Å². The van der Waals surface area contributed by atoms with Gasteiger partial charge in [0.25, 0.3) is 0 Å². The maximum absolute atomic E-state index is 12.8. The number of nitrogens with one attached hydrogen (secondary N) is 1. The van der Waals surface area contributed by atoms with Gasteiger partial charge >= 0.3 is 6.03 Å². The maximum atomic E-state index is 12.8. The van der Waals surface area contributed by atoms with Crippen molar-refractivity contribution in [2.45, 2.75) is 75.0 Å². The van der Waals surface area contributed by atoms with E-state index in [2.05, 4.69) is 60.4 Å². The van der Waals surface area contributed by atoms with Gasteiger partial charge in [0.2, 0.25) is 0 Å². The molecule has 29 heavy (non-hydrogen) atoms. The van der Waals surface area contributed by atoms with Gasteiger partial charge < -0.3 is 19.9 Å². The Hall–Kier alpha value is -1.33. The van der Waals surface area contributed by atoms with E-state index in [1.807, 2.05) is 7.11 Å². The molecule has 2 saturated carbocycles. The molecule has 2 atom stereocenters. The molecule has 0 aromatic heterocycles. The van der Waals surface area contributed by atoms with Gasteiger partial charge in [0.1, 0.15) is 0 Å². The smallest absolute Gasteiger partial charge is 0.318 e. The second-order valence-electron chi connectivity index (χ2n) is 10.2. The Morgan fingerprint density at radius 2 is 1.83 bits per heavy atom. The van der Waals surface area contributed by atoms with Gasteiger partial charge in [-0.05, 0) is 71.4 Å². The number of hydrogen-bond donors (Lipinski definition) is 1. The molecule has 0 aromatic carbocycles. The Bertz CT molecular complexity index is 666. The molecule has 1 spiro atoms. The van der Waals surface area contributed by atoms with E-state index in [4.69, 9.17) is 4.74 Å². The van der Waals surface area contributed by atoms with Crippen LogP contribution in [-0.2, 0) is 4.74 Å². The van der Waals surface area contributed by atoms with Gasteiger partial charge in [0, 0.05) is 31.7 Å². The average molecular weight is 402 g/mol. The molecule has 3 aliphatic carbocycles. The highest BCUT2D eigenvalue weighted by Gasteiger charge is 2.54. The Morgan fingerprint density at radius 3 is 2.38 bits per heavy atom. The quantitative estimate of drug-likeness (QED) is 0.733. The van der Waals surface area contributed by atoms with Crippen LogP contribution >= 0.6 is 0 Å². The molecule has 1 aliphatic heterocycles. The number of allylic oxidation sites excluding steroid dienone is 3. The van der Waals surface area contributed by atoms with Gasteiger partial charge in [0.15, 0.2) is 0 Å². The van der Waals surface area contributed by atoms with Crippen molar-refractivity contribution in [2.75, 3.05) is 34.3 Å². The first kappa shape index (κ1) is 20.9. The molecule has 4 aliphatic rings. The molecule has 1 N–H and O–H groups in total. The summed E-state index contributed by atoms with van der Waals surface area (Å²) in [6.07, 6.45) is 18.1. The van der Waals surface area contributed by atoms with Crippen molar-refractivity contribution in [1.29, 1.82) is 0 Å². The molecule has 0 radical (unpaired) electrons. The third kappa shape index (κ3) is 3.44. The van der Waals surface area contributed by atoms with Crippen LogP contribution in [-0.4, -0.2) is 66.8 Å². The molecule has 2 unspecified atom stereocenters. The van der Waals surface area contributed by atoms with Crippen molar-refractivity contribution >= 4 is 6.03 Å². The number of rotatable bonds is 6. The zero-order valence-corrected chi connectivity index (χ0v) is 18.7. The van der Waals surface area contributed by atoms with Crippen molar-refractivity contribution in [3.05, 3.63) is 24.3 Å². The van der Waals surface area contributed by atoms with Crippen LogP contribution in [0.4, 0.5) is 4.79 Å². The summed E-state index contributed by atoms with van der Waals surface area (Å²) in [5.41, 5.74) is 0.165. The highest BCUT2D eigenvalue weighted by Crippen LogP contribution is 2.49. The molecule has 3 fully saturated rings. The summed E-state index contributed by atoms with van der Waals surface area (Å²) in [7, 11) is 6.32. The van der Waals surface area contributed by atoms with Gasteiger partial charge in [-0.3, -0.25) is 0 Å². The normalized spacial score (nSPS) is 38.5. The average Bonchev–Trinajstić information content (AvgIpc) is 2.98. The second kappa shape index (κ2) is 7.73. The van der Waals surface area contributed by atoms with Crippen LogP contribution in [0.15, 0.2) is 24.3 Å². The minimum absolute atomic E-state index is 0.0147. The van der Waals surface area contributed by atoms with E-state index in [1.54, 1.807) is 0 Å². The first-order valence-electron chi connectivity index (χ1n) is 11.5. The predicted octanol–water partition coefficient (Wildman–Crippen LogP) is 3.96. The second-order valence-corrected chi connectivity index (χ2v) is 10.2. The summed E-state index contributed by atoms with van der Waals surface area (Å²) < 4.78 is 5.82. The molecule has 1 heterocycles. The Morgan fingerprint density at radius 1 is 1.14 bits per heavy atom. The third-order valence-corrected chi connectivity index (χ3v) is 8.84. The zero-order chi connectivity index (χ0) is 20.7. The summed E-state index contributed by atoms with van der Waals surface area (Å²) in [5, 5.41) is 3.17. The molecular formula is C24H39N3O2. The molecule has 162 valence electrons. The number of nitrogens with zero attached hydrogens (tertiary/aromatic N) is 2. The lowest BCUT2D eigenvalue weighted by molar-refractivity contribution is -0.0850. The SMILES string of the molecule is COC1(CCN2C(=O)NCC23CCC(C2C=CC=CC2C)(N(C)C)CC3)CCC1. The summed E-state index contributed by atoms with van der Waals surface area (Å²) in [6.45, 7) is 3.96. The first-order chi connectivity index (χ1) is 13.9. The van der Waals surface area contributed by atoms with Crippen LogP contribution in [0.3, 0.4) is 0 Å². The number of ether oxygens (including phenoxy) is 1. The summed E-state index contributed by atoms with van der Waals surface area (Å²) in [6, 6.07) is 0.127. The monoisotopic (exact) mass is 401 g/mol. The van der Waals surface area contributed by atoms with Gasteiger partial charge in [-0.2, -0.15) is 0 Å². The van der Waals surface area contributed by atoms with Gasteiger partial charge in [-0.25, -0.2) is 4.79 Å². The molecule has 5 heteroatoms. The number of carbonyl (C=O) groups excluding carboxylic acids is 1. The zero-order valence-electron chi connectivity index (χ0n) is 18.7. The molecular weight excluding hydrogens is 362 g/mol. The third-order valence-electron chi connectivity index (χ3n) is 8.84. The van der Waals surface area contributed by atoms with Gasteiger partial charge in [-0.15, -0.1) is 0 Å². The van der Waals surface area contributed by atoms with Crippen LogP contribution < -0.4 is 5.32 Å². The van der Waals surface area contributed by atoms with E-state index < -0.39 is 0 Å². The number of methoxy groups -OCH3 is 1.